The zero-order valence-corrected chi connectivity index (χ0v) is 15.2. The van der Waals surface area contributed by atoms with Gasteiger partial charge in [0, 0.05) is 24.8 Å². The molecule has 1 saturated heterocycles. The van der Waals surface area contributed by atoms with E-state index in [1.165, 1.54) is 17.4 Å². The van der Waals surface area contributed by atoms with Gasteiger partial charge in [0.1, 0.15) is 5.52 Å². The lowest BCUT2D eigenvalue weighted by atomic mass is 10.2. The predicted molar refractivity (Wildman–Crippen MR) is 105 cm³/mol. The van der Waals surface area contributed by atoms with Gasteiger partial charge in [0.05, 0.1) is 5.75 Å². The molecule has 0 radical (unpaired) electrons. The maximum Gasteiger partial charge on any atom is 0.257 e. The Hall–Kier alpha value is -2.47. The number of fused-ring (bicyclic) bond motifs is 1. The van der Waals surface area contributed by atoms with E-state index in [1.807, 2.05) is 30.3 Å². The van der Waals surface area contributed by atoms with Gasteiger partial charge in [-0.15, -0.1) is 0 Å². The molecule has 2 aromatic carbocycles. The molecule has 3 aromatic rings. The van der Waals surface area contributed by atoms with Crippen molar-refractivity contribution in [2.45, 2.75) is 24.1 Å². The highest BCUT2D eigenvalue weighted by molar-refractivity contribution is 7.99. The van der Waals surface area contributed by atoms with Crippen LogP contribution >= 0.6 is 11.8 Å². The third-order valence-corrected chi connectivity index (χ3v) is 5.43. The van der Waals surface area contributed by atoms with Crippen LogP contribution in [-0.2, 0) is 4.79 Å². The Balaban J connectivity index is 1.28. The molecule has 4 rings (SSSR count). The van der Waals surface area contributed by atoms with Gasteiger partial charge in [-0.1, -0.05) is 42.1 Å². The molecule has 0 aliphatic carbocycles. The lowest BCUT2D eigenvalue weighted by Crippen LogP contribution is -2.40. The molecule has 1 N–H and O–H groups in total. The summed E-state index contributed by atoms with van der Waals surface area (Å²) < 4.78 is 5.63. The van der Waals surface area contributed by atoms with E-state index in [0.717, 1.165) is 30.5 Å². The molecule has 6 heteroatoms. The summed E-state index contributed by atoms with van der Waals surface area (Å²) in [4.78, 5) is 19.0. The SMILES string of the molecule is O=C(CSc1nc2ccccc2o1)NCC1CCCN1c1ccccc1. The van der Waals surface area contributed by atoms with Crippen molar-refractivity contribution in [3.63, 3.8) is 0 Å². The molecule has 5 nitrogen and oxygen atoms in total. The predicted octanol–water partition coefficient (Wildman–Crippen LogP) is 3.71. The molecule has 1 atom stereocenters. The summed E-state index contributed by atoms with van der Waals surface area (Å²) in [5, 5.41) is 3.59. The highest BCUT2D eigenvalue weighted by Crippen LogP contribution is 2.25. The Labute approximate surface area is 156 Å². The molecule has 1 amide bonds. The van der Waals surface area contributed by atoms with Crippen LogP contribution in [0.3, 0.4) is 0 Å². The number of carbonyl (C=O) groups is 1. The van der Waals surface area contributed by atoms with Gasteiger partial charge in [0.25, 0.3) is 5.22 Å². The van der Waals surface area contributed by atoms with E-state index in [1.54, 1.807) is 0 Å². The van der Waals surface area contributed by atoms with Crippen molar-refractivity contribution in [2.75, 3.05) is 23.7 Å². The third-order valence-electron chi connectivity index (χ3n) is 4.60. The smallest absolute Gasteiger partial charge is 0.257 e. The first-order valence-corrected chi connectivity index (χ1v) is 9.85. The molecular formula is C20H21N3O2S. The average molecular weight is 367 g/mol. The van der Waals surface area contributed by atoms with Crippen LogP contribution in [0.1, 0.15) is 12.8 Å². The first-order chi connectivity index (χ1) is 12.8. The van der Waals surface area contributed by atoms with E-state index in [2.05, 4.69) is 39.5 Å². The van der Waals surface area contributed by atoms with Crippen LogP contribution in [0.2, 0.25) is 0 Å². The van der Waals surface area contributed by atoms with E-state index in [0.29, 0.717) is 23.6 Å². The summed E-state index contributed by atoms with van der Waals surface area (Å²) in [5.41, 5.74) is 2.80. The minimum atomic E-state index is 0.0113. The number of amides is 1. The fraction of sp³-hybridized carbons (Fsp3) is 0.300. The van der Waals surface area contributed by atoms with Crippen LogP contribution < -0.4 is 10.2 Å². The molecular weight excluding hydrogens is 346 g/mol. The Morgan fingerprint density at radius 3 is 2.85 bits per heavy atom. The molecule has 1 aliphatic heterocycles. The highest BCUT2D eigenvalue weighted by atomic mass is 32.2. The second-order valence-corrected chi connectivity index (χ2v) is 7.29. The van der Waals surface area contributed by atoms with Crippen molar-refractivity contribution in [3.05, 3.63) is 54.6 Å². The summed E-state index contributed by atoms with van der Waals surface area (Å²) in [5.74, 6) is 0.322. The van der Waals surface area contributed by atoms with Crippen LogP contribution in [0, 0.1) is 0 Å². The minimum absolute atomic E-state index is 0.0113. The quantitative estimate of drug-likeness (QED) is 0.673. The number of thioether (sulfide) groups is 1. The van der Waals surface area contributed by atoms with Crippen molar-refractivity contribution in [1.29, 1.82) is 0 Å². The maximum atomic E-state index is 12.2. The Bertz CT molecular complexity index is 848. The monoisotopic (exact) mass is 367 g/mol. The van der Waals surface area contributed by atoms with Gasteiger partial charge in [-0.3, -0.25) is 4.79 Å². The summed E-state index contributed by atoms with van der Waals surface area (Å²) in [6, 6.07) is 18.4. The molecule has 2 heterocycles. The van der Waals surface area contributed by atoms with Crippen molar-refractivity contribution < 1.29 is 9.21 Å². The summed E-state index contributed by atoms with van der Waals surface area (Å²) in [6.45, 7) is 1.71. The second-order valence-electron chi connectivity index (χ2n) is 6.37. The summed E-state index contributed by atoms with van der Waals surface area (Å²) in [7, 11) is 0. The molecule has 1 aliphatic rings. The number of oxazole rings is 1. The van der Waals surface area contributed by atoms with E-state index in [9.17, 15) is 4.79 Å². The van der Waals surface area contributed by atoms with Gasteiger partial charge >= 0.3 is 0 Å². The molecule has 0 spiro atoms. The van der Waals surface area contributed by atoms with E-state index < -0.39 is 0 Å². The standard InChI is InChI=1S/C20H21N3O2S/c24-19(14-26-20-22-17-10-4-5-11-18(17)25-20)21-13-16-9-6-12-23(16)15-7-2-1-3-8-15/h1-5,7-8,10-11,16H,6,9,12-14H2,(H,21,24). The molecule has 0 saturated carbocycles. The highest BCUT2D eigenvalue weighted by Gasteiger charge is 2.24. The van der Waals surface area contributed by atoms with Gasteiger partial charge in [-0.25, -0.2) is 4.98 Å². The Morgan fingerprint density at radius 1 is 1.19 bits per heavy atom. The van der Waals surface area contributed by atoms with E-state index in [-0.39, 0.29) is 5.91 Å². The van der Waals surface area contributed by atoms with Crippen molar-refractivity contribution in [1.82, 2.24) is 10.3 Å². The number of hydrogen-bond acceptors (Lipinski definition) is 5. The van der Waals surface area contributed by atoms with Crippen molar-refractivity contribution >= 4 is 34.5 Å². The van der Waals surface area contributed by atoms with Crippen LogP contribution in [0.5, 0.6) is 0 Å². The molecule has 26 heavy (non-hydrogen) atoms. The number of rotatable bonds is 6. The number of anilines is 1. The number of aromatic nitrogens is 1. The molecule has 1 unspecified atom stereocenters. The van der Waals surface area contributed by atoms with Crippen LogP contribution in [0.15, 0.2) is 64.2 Å². The van der Waals surface area contributed by atoms with Crippen LogP contribution in [-0.4, -0.2) is 35.8 Å². The fourth-order valence-electron chi connectivity index (χ4n) is 3.33. The van der Waals surface area contributed by atoms with Gasteiger partial charge in [-0.05, 0) is 37.1 Å². The molecule has 134 valence electrons. The number of para-hydroxylation sites is 3. The lowest BCUT2D eigenvalue weighted by molar-refractivity contribution is -0.118. The lowest BCUT2D eigenvalue weighted by Gasteiger charge is -2.27. The number of benzene rings is 2. The summed E-state index contributed by atoms with van der Waals surface area (Å²) >= 11 is 1.33. The van der Waals surface area contributed by atoms with Gasteiger partial charge < -0.3 is 14.6 Å². The third kappa shape index (κ3) is 3.85. The summed E-state index contributed by atoms with van der Waals surface area (Å²) in [6.07, 6.45) is 2.26. The number of carbonyl (C=O) groups excluding carboxylic acids is 1. The van der Waals surface area contributed by atoms with Crippen LogP contribution in [0.25, 0.3) is 11.1 Å². The Morgan fingerprint density at radius 2 is 2.00 bits per heavy atom. The first kappa shape index (κ1) is 17.0. The normalized spacial score (nSPS) is 16.9. The number of nitrogens with one attached hydrogen (secondary N) is 1. The Kier molecular flexibility index (Phi) is 5.11. The second kappa shape index (κ2) is 7.83. The van der Waals surface area contributed by atoms with Gasteiger partial charge in [-0.2, -0.15) is 0 Å². The van der Waals surface area contributed by atoms with E-state index in [4.69, 9.17) is 4.42 Å². The van der Waals surface area contributed by atoms with Crippen molar-refractivity contribution in [2.24, 2.45) is 0 Å². The van der Waals surface area contributed by atoms with Gasteiger partial charge in [0.15, 0.2) is 5.58 Å². The van der Waals surface area contributed by atoms with Gasteiger partial charge in [0.2, 0.25) is 5.91 Å². The zero-order valence-electron chi connectivity index (χ0n) is 14.4. The maximum absolute atomic E-state index is 12.2. The zero-order chi connectivity index (χ0) is 17.8. The average Bonchev–Trinajstić information content (AvgIpc) is 3.31. The minimum Gasteiger partial charge on any atom is -0.431 e. The molecule has 1 fully saturated rings. The van der Waals surface area contributed by atoms with Crippen LogP contribution in [0.4, 0.5) is 5.69 Å². The topological polar surface area (TPSA) is 58.4 Å². The molecule has 1 aromatic heterocycles. The van der Waals surface area contributed by atoms with Crippen molar-refractivity contribution in [3.8, 4) is 0 Å². The fourth-order valence-corrected chi connectivity index (χ4v) is 4.00. The number of nitrogens with zero attached hydrogens (tertiary/aromatic N) is 2. The first-order valence-electron chi connectivity index (χ1n) is 8.86. The largest absolute Gasteiger partial charge is 0.431 e. The number of hydrogen-bond donors (Lipinski definition) is 1. The van der Waals surface area contributed by atoms with E-state index >= 15 is 0 Å². The molecule has 0 bridgehead atoms.